The topological polar surface area (TPSA) is 46.3 Å². The largest absolute Gasteiger partial charge is 0.354 e. The summed E-state index contributed by atoms with van der Waals surface area (Å²) >= 11 is 3.41. The van der Waals surface area contributed by atoms with Crippen LogP contribution in [0.3, 0.4) is 0 Å². The molecule has 0 saturated heterocycles. The Morgan fingerprint density at radius 1 is 1.17 bits per heavy atom. The first-order valence-corrected chi connectivity index (χ1v) is 8.43. The van der Waals surface area contributed by atoms with Crippen molar-refractivity contribution < 1.29 is 4.39 Å². The number of hydrogen-bond donors (Lipinski definition) is 0. The molecule has 0 spiro atoms. The second-order valence-electron chi connectivity index (χ2n) is 6.83. The molecule has 0 amide bonds. The third kappa shape index (κ3) is 3.26. The van der Waals surface area contributed by atoms with Gasteiger partial charge in [-0.3, -0.25) is 0 Å². The van der Waals surface area contributed by atoms with E-state index in [9.17, 15) is 4.39 Å². The van der Waals surface area contributed by atoms with Crippen LogP contribution in [-0.4, -0.2) is 26.9 Å². The van der Waals surface area contributed by atoms with Gasteiger partial charge in [-0.1, -0.05) is 42.8 Å². The smallest absolute Gasteiger partial charge is 0.178 e. The molecule has 1 aromatic carbocycles. The molecular weight excluding hydrogens is 373 g/mol. The van der Waals surface area contributed by atoms with Gasteiger partial charge in [0.15, 0.2) is 11.5 Å². The van der Waals surface area contributed by atoms with Crippen LogP contribution in [0.25, 0.3) is 5.65 Å². The van der Waals surface area contributed by atoms with E-state index in [4.69, 9.17) is 0 Å². The number of aromatic nitrogens is 4. The van der Waals surface area contributed by atoms with Crippen molar-refractivity contribution in [3.8, 4) is 0 Å². The van der Waals surface area contributed by atoms with Gasteiger partial charge in [0.2, 0.25) is 0 Å². The van der Waals surface area contributed by atoms with Gasteiger partial charge in [-0.15, -0.1) is 15.3 Å². The van der Waals surface area contributed by atoms with E-state index >= 15 is 0 Å². The summed E-state index contributed by atoms with van der Waals surface area (Å²) in [6, 6.07) is 8.52. The number of halogens is 2. The maximum absolute atomic E-state index is 13.2. The van der Waals surface area contributed by atoms with Crippen molar-refractivity contribution in [3.05, 3.63) is 52.0 Å². The maximum atomic E-state index is 13.2. The van der Waals surface area contributed by atoms with Gasteiger partial charge in [-0.05, 0) is 29.8 Å². The lowest BCUT2D eigenvalue weighted by Gasteiger charge is -2.20. The monoisotopic (exact) mass is 391 g/mol. The summed E-state index contributed by atoms with van der Waals surface area (Å²) in [6.45, 7) is 6.85. The molecule has 0 atom stereocenters. The Morgan fingerprint density at radius 2 is 1.92 bits per heavy atom. The van der Waals surface area contributed by atoms with Gasteiger partial charge in [0.25, 0.3) is 0 Å². The maximum Gasteiger partial charge on any atom is 0.178 e. The van der Waals surface area contributed by atoms with Crippen LogP contribution in [0.15, 0.2) is 34.8 Å². The molecule has 24 heavy (non-hydrogen) atoms. The molecule has 5 nitrogen and oxygen atoms in total. The summed E-state index contributed by atoms with van der Waals surface area (Å²) in [6.07, 6.45) is 0. The van der Waals surface area contributed by atoms with E-state index in [0.717, 1.165) is 27.3 Å². The third-order valence-electron chi connectivity index (χ3n) is 3.73. The molecule has 0 saturated carbocycles. The first-order valence-electron chi connectivity index (χ1n) is 7.64. The average Bonchev–Trinajstić information content (AvgIpc) is 2.93. The highest BCUT2D eigenvalue weighted by molar-refractivity contribution is 9.10. The van der Waals surface area contributed by atoms with Gasteiger partial charge in [0.1, 0.15) is 11.6 Å². The van der Waals surface area contributed by atoms with Gasteiger partial charge in [0.05, 0.1) is 0 Å². The molecule has 126 valence electrons. The van der Waals surface area contributed by atoms with Crippen LogP contribution >= 0.6 is 15.9 Å². The Balaban J connectivity index is 1.93. The van der Waals surface area contributed by atoms with Gasteiger partial charge >= 0.3 is 0 Å². The Kier molecular flexibility index (Phi) is 4.29. The summed E-state index contributed by atoms with van der Waals surface area (Å²) < 4.78 is 15.8. The first kappa shape index (κ1) is 16.8. The zero-order chi connectivity index (χ0) is 17.5. The molecule has 0 aliphatic heterocycles. The van der Waals surface area contributed by atoms with E-state index in [-0.39, 0.29) is 11.2 Å². The molecular formula is C17H19BrFN5. The van der Waals surface area contributed by atoms with Gasteiger partial charge in [-0.2, -0.15) is 4.52 Å². The second-order valence-corrected chi connectivity index (χ2v) is 7.68. The van der Waals surface area contributed by atoms with Crippen molar-refractivity contribution in [2.75, 3.05) is 11.9 Å². The Hall–Kier alpha value is -2.02. The summed E-state index contributed by atoms with van der Waals surface area (Å²) in [7, 11) is 1.95. The van der Waals surface area contributed by atoms with Crippen molar-refractivity contribution in [2.24, 2.45) is 0 Å². The lowest BCUT2D eigenvalue weighted by Crippen LogP contribution is -2.21. The normalized spacial score (nSPS) is 11.9. The van der Waals surface area contributed by atoms with Gasteiger partial charge in [0, 0.05) is 23.5 Å². The molecule has 2 heterocycles. The van der Waals surface area contributed by atoms with Crippen molar-refractivity contribution in [2.45, 2.75) is 32.7 Å². The van der Waals surface area contributed by atoms with Crippen molar-refractivity contribution in [1.29, 1.82) is 0 Å². The molecule has 0 unspecified atom stereocenters. The molecule has 3 aromatic rings. The second kappa shape index (κ2) is 6.12. The fraction of sp³-hybridized carbons (Fsp3) is 0.353. The van der Waals surface area contributed by atoms with Crippen LogP contribution in [0.2, 0.25) is 0 Å². The Bertz CT molecular complexity index is 884. The zero-order valence-corrected chi connectivity index (χ0v) is 15.7. The number of rotatable bonds is 3. The minimum Gasteiger partial charge on any atom is -0.354 e. The van der Waals surface area contributed by atoms with Crippen LogP contribution in [0.4, 0.5) is 10.2 Å². The minimum atomic E-state index is -0.257. The summed E-state index contributed by atoms with van der Waals surface area (Å²) in [5, 5.41) is 13.1. The highest BCUT2D eigenvalue weighted by atomic mass is 79.9. The molecule has 0 bridgehead atoms. The Morgan fingerprint density at radius 3 is 2.58 bits per heavy atom. The molecule has 0 aliphatic rings. The first-order chi connectivity index (χ1) is 11.3. The SMILES string of the molecule is CN(Cc1ccc(F)cc1Br)c1ccc2nnc(C(C)(C)C)n2n1. The molecule has 0 aliphatic carbocycles. The Labute approximate surface area is 148 Å². The van der Waals surface area contributed by atoms with E-state index in [1.807, 2.05) is 24.1 Å². The summed E-state index contributed by atoms with van der Waals surface area (Å²) in [5.41, 5.74) is 1.56. The van der Waals surface area contributed by atoms with Crippen LogP contribution in [0.5, 0.6) is 0 Å². The highest BCUT2D eigenvalue weighted by Gasteiger charge is 2.22. The summed E-state index contributed by atoms with van der Waals surface area (Å²) in [4.78, 5) is 2.00. The van der Waals surface area contributed by atoms with Crippen LogP contribution in [0, 0.1) is 5.82 Å². The van der Waals surface area contributed by atoms with Crippen LogP contribution < -0.4 is 4.90 Å². The zero-order valence-electron chi connectivity index (χ0n) is 14.1. The van der Waals surface area contributed by atoms with Gasteiger partial charge in [-0.25, -0.2) is 4.39 Å². The number of anilines is 1. The number of benzene rings is 1. The predicted octanol–water partition coefficient (Wildman–Crippen LogP) is 3.96. The molecule has 7 heteroatoms. The van der Waals surface area contributed by atoms with Crippen molar-refractivity contribution in [3.63, 3.8) is 0 Å². The third-order valence-corrected chi connectivity index (χ3v) is 4.47. The van der Waals surface area contributed by atoms with E-state index in [0.29, 0.717) is 6.54 Å². The lowest BCUT2D eigenvalue weighted by atomic mass is 9.96. The highest BCUT2D eigenvalue weighted by Crippen LogP contribution is 2.23. The number of fused-ring (bicyclic) bond motifs is 1. The fourth-order valence-electron chi connectivity index (χ4n) is 2.44. The van der Waals surface area contributed by atoms with Crippen molar-refractivity contribution >= 4 is 27.4 Å². The average molecular weight is 392 g/mol. The fourth-order valence-corrected chi connectivity index (χ4v) is 2.91. The number of nitrogens with zero attached hydrogens (tertiary/aromatic N) is 5. The van der Waals surface area contributed by atoms with E-state index in [2.05, 4.69) is 52.0 Å². The van der Waals surface area contributed by atoms with Crippen LogP contribution in [-0.2, 0) is 12.0 Å². The molecule has 0 radical (unpaired) electrons. The lowest BCUT2D eigenvalue weighted by molar-refractivity contribution is 0.526. The minimum absolute atomic E-state index is 0.149. The van der Waals surface area contributed by atoms with E-state index < -0.39 is 0 Å². The summed E-state index contributed by atoms with van der Waals surface area (Å²) in [5.74, 6) is 1.35. The van der Waals surface area contributed by atoms with Crippen LogP contribution in [0.1, 0.15) is 32.2 Å². The number of hydrogen-bond acceptors (Lipinski definition) is 4. The molecule has 2 aromatic heterocycles. The van der Waals surface area contributed by atoms with E-state index in [1.165, 1.54) is 12.1 Å². The standard InChI is InChI=1S/C17H19BrFN5/c1-17(2,3)16-21-20-14-7-8-15(22-24(14)16)23(4)10-11-5-6-12(19)9-13(11)18/h5-9H,10H2,1-4H3. The quantitative estimate of drug-likeness (QED) is 0.677. The molecule has 3 rings (SSSR count). The van der Waals surface area contributed by atoms with Crippen molar-refractivity contribution in [1.82, 2.24) is 19.8 Å². The predicted molar refractivity (Wildman–Crippen MR) is 95.7 cm³/mol. The molecule has 0 N–H and O–H groups in total. The van der Waals surface area contributed by atoms with E-state index in [1.54, 1.807) is 10.6 Å². The molecule has 0 fully saturated rings. The van der Waals surface area contributed by atoms with Gasteiger partial charge < -0.3 is 4.90 Å².